The van der Waals surface area contributed by atoms with E-state index in [0.29, 0.717) is 31.1 Å². The Morgan fingerprint density at radius 1 is 1.33 bits per heavy atom. The first-order valence-corrected chi connectivity index (χ1v) is 7.32. The molecule has 0 radical (unpaired) electrons. The van der Waals surface area contributed by atoms with Crippen molar-refractivity contribution < 1.29 is 8.42 Å². The van der Waals surface area contributed by atoms with Crippen LogP contribution < -0.4 is 5.32 Å². The number of sulfonamides is 1. The van der Waals surface area contributed by atoms with Gasteiger partial charge >= 0.3 is 0 Å². The van der Waals surface area contributed by atoms with E-state index < -0.39 is 10.0 Å². The molecule has 2 rings (SSSR count). The summed E-state index contributed by atoms with van der Waals surface area (Å²) < 4.78 is 26.3. The molecule has 6 heteroatoms. The fourth-order valence-electron chi connectivity index (χ4n) is 1.94. The zero-order valence-electron chi connectivity index (χ0n) is 10.3. The van der Waals surface area contributed by atoms with Crippen LogP contribution in [0.3, 0.4) is 0 Å². The van der Waals surface area contributed by atoms with Gasteiger partial charge in [0, 0.05) is 39.4 Å². The molecule has 0 unspecified atom stereocenters. The summed E-state index contributed by atoms with van der Waals surface area (Å²) in [5, 5.41) is 3.14. The lowest BCUT2D eigenvalue weighted by atomic mass is 10.2. The van der Waals surface area contributed by atoms with Gasteiger partial charge in [0.2, 0.25) is 10.0 Å². The van der Waals surface area contributed by atoms with Gasteiger partial charge in [-0.25, -0.2) is 8.42 Å². The van der Waals surface area contributed by atoms with Gasteiger partial charge in [-0.3, -0.25) is 4.99 Å². The summed E-state index contributed by atoms with van der Waals surface area (Å²) in [5.74, 6) is 0. The lowest BCUT2D eigenvalue weighted by molar-refractivity contribution is 0.360. The fraction of sp³-hybridized carbons (Fsp3) is 0.417. The van der Waals surface area contributed by atoms with E-state index in [1.54, 1.807) is 31.5 Å². The topological polar surface area (TPSA) is 61.8 Å². The van der Waals surface area contributed by atoms with Crippen LogP contribution in [0.5, 0.6) is 0 Å². The van der Waals surface area contributed by atoms with E-state index in [9.17, 15) is 8.42 Å². The molecule has 1 aromatic carbocycles. The molecule has 0 atom stereocenters. The molecule has 1 N–H and O–H groups in total. The Morgan fingerprint density at radius 3 is 2.72 bits per heavy atom. The van der Waals surface area contributed by atoms with Crippen molar-refractivity contribution in [2.45, 2.75) is 4.90 Å². The molecule has 1 aliphatic heterocycles. The quantitative estimate of drug-likeness (QED) is 0.803. The molecular formula is C12H17N3O2S. The van der Waals surface area contributed by atoms with Crippen molar-refractivity contribution in [2.75, 3.05) is 33.2 Å². The molecular weight excluding hydrogens is 250 g/mol. The number of aliphatic imine (C=N–C) groups is 1. The van der Waals surface area contributed by atoms with Crippen LogP contribution in [0.25, 0.3) is 0 Å². The Bertz CT molecular complexity index is 534. The van der Waals surface area contributed by atoms with Gasteiger partial charge in [0.25, 0.3) is 0 Å². The van der Waals surface area contributed by atoms with Gasteiger partial charge in [-0.2, -0.15) is 4.31 Å². The second kappa shape index (κ2) is 5.60. The van der Waals surface area contributed by atoms with Crippen molar-refractivity contribution in [3.63, 3.8) is 0 Å². The van der Waals surface area contributed by atoms with Gasteiger partial charge in [-0.1, -0.05) is 12.1 Å². The minimum atomic E-state index is -3.37. The number of hydrogen-bond donors (Lipinski definition) is 1. The number of nitrogens with zero attached hydrogens (tertiary/aromatic N) is 2. The van der Waals surface area contributed by atoms with E-state index in [1.165, 1.54) is 4.31 Å². The largest absolute Gasteiger partial charge is 0.314 e. The summed E-state index contributed by atoms with van der Waals surface area (Å²) in [6.07, 6.45) is 1.65. The summed E-state index contributed by atoms with van der Waals surface area (Å²) in [7, 11) is -1.71. The van der Waals surface area contributed by atoms with Crippen LogP contribution in [0.1, 0.15) is 5.56 Å². The Hall–Kier alpha value is -1.24. The lowest BCUT2D eigenvalue weighted by Crippen LogP contribution is -2.46. The van der Waals surface area contributed by atoms with Crippen LogP contribution in [0.15, 0.2) is 34.2 Å². The number of benzene rings is 1. The van der Waals surface area contributed by atoms with E-state index in [1.807, 2.05) is 6.07 Å². The molecule has 0 amide bonds. The predicted molar refractivity (Wildman–Crippen MR) is 71.6 cm³/mol. The summed E-state index contributed by atoms with van der Waals surface area (Å²) in [6.45, 7) is 2.45. The third-order valence-corrected chi connectivity index (χ3v) is 4.74. The van der Waals surface area contributed by atoms with E-state index in [0.717, 1.165) is 5.56 Å². The van der Waals surface area contributed by atoms with Gasteiger partial charge in [0.15, 0.2) is 0 Å². The Kier molecular flexibility index (Phi) is 4.11. The minimum Gasteiger partial charge on any atom is -0.314 e. The van der Waals surface area contributed by atoms with E-state index in [4.69, 9.17) is 0 Å². The maximum Gasteiger partial charge on any atom is 0.243 e. The highest BCUT2D eigenvalue weighted by atomic mass is 32.2. The molecule has 0 aliphatic carbocycles. The molecule has 0 saturated carbocycles. The first-order chi connectivity index (χ1) is 8.64. The molecule has 1 aliphatic rings. The average molecular weight is 267 g/mol. The fourth-order valence-corrected chi connectivity index (χ4v) is 3.44. The van der Waals surface area contributed by atoms with E-state index in [2.05, 4.69) is 10.3 Å². The second-order valence-corrected chi connectivity index (χ2v) is 6.05. The Morgan fingerprint density at radius 2 is 2.06 bits per heavy atom. The van der Waals surface area contributed by atoms with Crippen molar-refractivity contribution in [1.29, 1.82) is 0 Å². The smallest absolute Gasteiger partial charge is 0.243 e. The molecule has 0 aromatic heterocycles. The molecule has 1 aromatic rings. The molecule has 1 heterocycles. The maximum absolute atomic E-state index is 12.4. The summed E-state index contributed by atoms with van der Waals surface area (Å²) >= 11 is 0. The maximum atomic E-state index is 12.4. The molecule has 98 valence electrons. The van der Waals surface area contributed by atoms with Gasteiger partial charge in [0.05, 0.1) is 4.90 Å². The van der Waals surface area contributed by atoms with Gasteiger partial charge < -0.3 is 5.32 Å². The minimum absolute atomic E-state index is 0.335. The molecule has 1 saturated heterocycles. The number of hydrogen-bond acceptors (Lipinski definition) is 4. The van der Waals surface area contributed by atoms with Crippen LogP contribution in [0.2, 0.25) is 0 Å². The van der Waals surface area contributed by atoms with Crippen LogP contribution in [-0.2, 0) is 10.0 Å². The Labute approximate surface area is 108 Å². The van der Waals surface area contributed by atoms with E-state index in [-0.39, 0.29) is 0 Å². The highest BCUT2D eigenvalue weighted by Gasteiger charge is 2.25. The SMILES string of the molecule is CN=Cc1cccc(S(=O)(=O)N2CCNCC2)c1. The van der Waals surface area contributed by atoms with Crippen LogP contribution in [-0.4, -0.2) is 52.2 Å². The molecule has 0 bridgehead atoms. The number of piperazine rings is 1. The predicted octanol–water partition coefficient (Wildman–Crippen LogP) is 0.329. The normalized spacial score (nSPS) is 18.3. The average Bonchev–Trinajstić information content (AvgIpc) is 2.40. The second-order valence-electron chi connectivity index (χ2n) is 4.11. The highest BCUT2D eigenvalue weighted by molar-refractivity contribution is 7.89. The lowest BCUT2D eigenvalue weighted by Gasteiger charge is -2.26. The molecule has 0 spiro atoms. The van der Waals surface area contributed by atoms with Crippen molar-refractivity contribution in [3.05, 3.63) is 29.8 Å². The zero-order chi connectivity index (χ0) is 13.0. The van der Waals surface area contributed by atoms with Crippen molar-refractivity contribution in [2.24, 2.45) is 4.99 Å². The molecule has 5 nitrogen and oxygen atoms in total. The van der Waals surface area contributed by atoms with Gasteiger partial charge in [0.1, 0.15) is 0 Å². The van der Waals surface area contributed by atoms with Crippen LogP contribution in [0.4, 0.5) is 0 Å². The summed E-state index contributed by atoms with van der Waals surface area (Å²) in [5.41, 5.74) is 0.800. The zero-order valence-corrected chi connectivity index (χ0v) is 11.2. The number of rotatable bonds is 3. The summed E-state index contributed by atoms with van der Waals surface area (Å²) in [4.78, 5) is 4.23. The van der Waals surface area contributed by atoms with Crippen molar-refractivity contribution in [1.82, 2.24) is 9.62 Å². The highest BCUT2D eigenvalue weighted by Crippen LogP contribution is 2.16. The number of nitrogens with one attached hydrogen (secondary N) is 1. The van der Waals surface area contributed by atoms with Crippen LogP contribution in [0, 0.1) is 0 Å². The van der Waals surface area contributed by atoms with Gasteiger partial charge in [-0.05, 0) is 17.7 Å². The van der Waals surface area contributed by atoms with Crippen molar-refractivity contribution >= 4 is 16.2 Å². The first-order valence-electron chi connectivity index (χ1n) is 5.88. The monoisotopic (exact) mass is 267 g/mol. The van der Waals surface area contributed by atoms with E-state index >= 15 is 0 Å². The van der Waals surface area contributed by atoms with Crippen molar-refractivity contribution in [3.8, 4) is 0 Å². The third kappa shape index (κ3) is 2.77. The first kappa shape index (κ1) is 13.2. The van der Waals surface area contributed by atoms with Crippen LogP contribution >= 0.6 is 0 Å². The standard InChI is InChI=1S/C12H17N3O2S/c1-13-10-11-3-2-4-12(9-11)18(16,17)15-7-5-14-6-8-15/h2-4,9-10,14H,5-8H2,1H3. The molecule has 18 heavy (non-hydrogen) atoms. The third-order valence-electron chi connectivity index (χ3n) is 2.85. The van der Waals surface area contributed by atoms with Gasteiger partial charge in [-0.15, -0.1) is 0 Å². The summed E-state index contributed by atoms with van der Waals surface area (Å²) in [6, 6.07) is 6.87. The molecule has 1 fully saturated rings. The Balaban J connectivity index is 2.31.